The molecule has 2 amide bonds. The van der Waals surface area contributed by atoms with Gasteiger partial charge < -0.3 is 15.0 Å². The van der Waals surface area contributed by atoms with Gasteiger partial charge in [0.05, 0.1) is 19.8 Å². The molecule has 1 aromatic carbocycles. The largest absolute Gasteiger partial charge is 0.379 e. The van der Waals surface area contributed by atoms with Gasteiger partial charge in [-0.2, -0.15) is 0 Å². The van der Waals surface area contributed by atoms with E-state index in [1.54, 1.807) is 0 Å². The summed E-state index contributed by atoms with van der Waals surface area (Å²) in [4.78, 5) is 31.3. The average molecular weight is 389 g/mol. The van der Waals surface area contributed by atoms with Crippen molar-refractivity contribution >= 4 is 11.8 Å². The van der Waals surface area contributed by atoms with E-state index in [0.29, 0.717) is 26.2 Å². The smallest absolute Gasteiger partial charge is 0.253 e. The number of hydrogen-bond acceptors (Lipinski definition) is 5. The monoisotopic (exact) mass is 388 g/mol. The van der Waals surface area contributed by atoms with Gasteiger partial charge in [-0.15, -0.1) is 0 Å². The molecule has 0 aliphatic carbocycles. The maximum absolute atomic E-state index is 12.5. The van der Waals surface area contributed by atoms with Crippen LogP contribution in [0.1, 0.15) is 24.2 Å². The Kier molecular flexibility index (Phi) is 7.04. The zero-order chi connectivity index (χ0) is 20.0. The topological polar surface area (TPSA) is 65.1 Å². The quantitative estimate of drug-likeness (QED) is 0.776. The predicted molar refractivity (Wildman–Crippen MR) is 108 cm³/mol. The molecule has 1 N–H and O–H groups in total. The molecule has 1 aromatic rings. The number of benzene rings is 1. The van der Waals surface area contributed by atoms with Crippen LogP contribution in [0.3, 0.4) is 0 Å². The van der Waals surface area contributed by atoms with Crippen molar-refractivity contribution in [2.24, 2.45) is 0 Å². The third-order valence-corrected chi connectivity index (χ3v) is 5.63. The zero-order valence-electron chi connectivity index (χ0n) is 17.0. The highest BCUT2D eigenvalue weighted by molar-refractivity contribution is 5.94. The molecule has 7 nitrogen and oxygen atoms in total. The lowest BCUT2D eigenvalue weighted by atomic mass is 10.0. The lowest BCUT2D eigenvalue weighted by Crippen LogP contribution is -2.56. The second kappa shape index (κ2) is 9.49. The number of morpholine rings is 1. The van der Waals surface area contributed by atoms with Gasteiger partial charge in [0.15, 0.2) is 0 Å². The maximum Gasteiger partial charge on any atom is 0.253 e. The standard InChI is InChI=1S/C21H32N4O3/c1-21(2,25-12-14-28-15-13-25)17-22-19(26)16-23-8-10-24(11-9-23)20(27)18-6-4-3-5-7-18/h3-7H,8-17H2,1-2H3,(H,22,26). The molecule has 0 saturated carbocycles. The van der Waals surface area contributed by atoms with Crippen molar-refractivity contribution in [1.82, 2.24) is 20.0 Å². The molecule has 2 saturated heterocycles. The SMILES string of the molecule is CC(C)(CNC(=O)CN1CCN(C(=O)c2ccccc2)CC1)N1CCOCC1. The minimum atomic E-state index is -0.0831. The third-order valence-electron chi connectivity index (χ3n) is 5.63. The number of piperazine rings is 1. The molecule has 28 heavy (non-hydrogen) atoms. The minimum Gasteiger partial charge on any atom is -0.379 e. The molecule has 3 rings (SSSR count). The van der Waals surface area contributed by atoms with Crippen LogP contribution in [0.4, 0.5) is 0 Å². The van der Waals surface area contributed by atoms with E-state index in [1.165, 1.54) is 0 Å². The number of carbonyl (C=O) groups is 2. The summed E-state index contributed by atoms with van der Waals surface area (Å²) in [5.74, 6) is 0.112. The molecular formula is C21H32N4O3. The molecule has 2 heterocycles. The van der Waals surface area contributed by atoms with Crippen molar-refractivity contribution in [1.29, 1.82) is 0 Å². The summed E-state index contributed by atoms with van der Waals surface area (Å²) in [5.41, 5.74) is 0.638. The fourth-order valence-electron chi connectivity index (χ4n) is 3.73. The highest BCUT2D eigenvalue weighted by atomic mass is 16.5. The number of hydrogen-bond donors (Lipinski definition) is 1. The Morgan fingerprint density at radius 1 is 1.00 bits per heavy atom. The Bertz CT molecular complexity index is 651. The molecule has 0 bridgehead atoms. The van der Waals surface area contributed by atoms with Crippen LogP contribution in [0.15, 0.2) is 30.3 Å². The Balaban J connectivity index is 1.39. The number of nitrogens with one attached hydrogen (secondary N) is 1. The summed E-state index contributed by atoms with van der Waals surface area (Å²) < 4.78 is 5.41. The van der Waals surface area contributed by atoms with Gasteiger partial charge in [0.25, 0.3) is 5.91 Å². The van der Waals surface area contributed by atoms with Gasteiger partial charge in [0.1, 0.15) is 0 Å². The Morgan fingerprint density at radius 2 is 1.64 bits per heavy atom. The second-order valence-corrected chi connectivity index (χ2v) is 8.12. The Labute approximate surface area is 167 Å². The van der Waals surface area contributed by atoms with Gasteiger partial charge in [0, 0.05) is 56.9 Å². The summed E-state index contributed by atoms with van der Waals surface area (Å²) in [6, 6.07) is 9.36. The van der Waals surface area contributed by atoms with Crippen molar-refractivity contribution < 1.29 is 14.3 Å². The number of ether oxygens (including phenoxy) is 1. The summed E-state index contributed by atoms with van der Waals surface area (Å²) in [5, 5.41) is 3.08. The van der Waals surface area contributed by atoms with Crippen molar-refractivity contribution in [2.45, 2.75) is 19.4 Å². The number of amides is 2. The minimum absolute atomic E-state index is 0.0455. The summed E-state index contributed by atoms with van der Waals surface area (Å²) in [7, 11) is 0. The van der Waals surface area contributed by atoms with Crippen molar-refractivity contribution in [2.75, 3.05) is 65.6 Å². The molecule has 2 fully saturated rings. The highest BCUT2D eigenvalue weighted by Crippen LogP contribution is 2.15. The Hall–Kier alpha value is -1.96. The maximum atomic E-state index is 12.5. The van der Waals surface area contributed by atoms with E-state index < -0.39 is 0 Å². The van der Waals surface area contributed by atoms with Gasteiger partial charge in [-0.1, -0.05) is 18.2 Å². The molecule has 0 atom stereocenters. The predicted octanol–water partition coefficient (Wildman–Crippen LogP) is 0.671. The summed E-state index contributed by atoms with van der Waals surface area (Å²) >= 11 is 0. The van der Waals surface area contributed by atoms with E-state index in [2.05, 4.69) is 29.0 Å². The normalized spacial score (nSPS) is 19.4. The Morgan fingerprint density at radius 3 is 2.29 bits per heavy atom. The molecule has 2 aliphatic heterocycles. The van der Waals surface area contributed by atoms with E-state index >= 15 is 0 Å². The lowest BCUT2D eigenvalue weighted by Gasteiger charge is -2.41. The molecular weight excluding hydrogens is 356 g/mol. The van der Waals surface area contributed by atoms with Crippen molar-refractivity contribution in [3.63, 3.8) is 0 Å². The number of nitrogens with zero attached hydrogens (tertiary/aromatic N) is 3. The highest BCUT2D eigenvalue weighted by Gasteiger charge is 2.29. The average Bonchev–Trinajstić information content (AvgIpc) is 2.74. The molecule has 0 unspecified atom stereocenters. The van der Waals surface area contributed by atoms with Crippen LogP contribution in [0.25, 0.3) is 0 Å². The lowest BCUT2D eigenvalue weighted by molar-refractivity contribution is -0.123. The van der Waals surface area contributed by atoms with Crippen LogP contribution in [-0.2, 0) is 9.53 Å². The van der Waals surface area contributed by atoms with Crippen LogP contribution in [-0.4, -0.2) is 97.6 Å². The molecule has 0 radical (unpaired) electrons. The first-order valence-corrected chi connectivity index (χ1v) is 10.1. The third kappa shape index (κ3) is 5.53. The van der Waals surface area contributed by atoms with Crippen LogP contribution >= 0.6 is 0 Å². The van der Waals surface area contributed by atoms with Gasteiger partial charge in [-0.3, -0.25) is 19.4 Å². The van der Waals surface area contributed by atoms with Crippen LogP contribution < -0.4 is 5.32 Å². The van der Waals surface area contributed by atoms with Gasteiger partial charge in [0.2, 0.25) is 5.91 Å². The van der Waals surface area contributed by atoms with Crippen LogP contribution in [0.5, 0.6) is 0 Å². The fraction of sp³-hybridized carbons (Fsp3) is 0.619. The molecule has 154 valence electrons. The van der Waals surface area contributed by atoms with E-state index in [1.807, 2.05) is 35.2 Å². The van der Waals surface area contributed by atoms with Gasteiger partial charge >= 0.3 is 0 Å². The first kappa shape index (κ1) is 20.8. The van der Waals surface area contributed by atoms with Crippen LogP contribution in [0.2, 0.25) is 0 Å². The molecule has 0 spiro atoms. The van der Waals surface area contributed by atoms with Crippen molar-refractivity contribution in [3.05, 3.63) is 35.9 Å². The van der Waals surface area contributed by atoms with E-state index in [0.717, 1.165) is 45.0 Å². The first-order chi connectivity index (χ1) is 13.5. The van der Waals surface area contributed by atoms with Crippen molar-refractivity contribution in [3.8, 4) is 0 Å². The van der Waals surface area contributed by atoms with E-state index in [4.69, 9.17) is 4.74 Å². The van der Waals surface area contributed by atoms with Gasteiger partial charge in [-0.25, -0.2) is 0 Å². The van der Waals surface area contributed by atoms with E-state index in [-0.39, 0.29) is 17.4 Å². The zero-order valence-corrected chi connectivity index (χ0v) is 17.0. The second-order valence-electron chi connectivity index (χ2n) is 8.12. The number of rotatable bonds is 6. The van der Waals surface area contributed by atoms with E-state index in [9.17, 15) is 9.59 Å². The summed E-state index contributed by atoms with van der Waals surface area (Å²) in [6.45, 7) is 11.4. The molecule has 0 aromatic heterocycles. The molecule has 2 aliphatic rings. The van der Waals surface area contributed by atoms with Gasteiger partial charge in [-0.05, 0) is 26.0 Å². The molecule has 7 heteroatoms. The number of carbonyl (C=O) groups excluding carboxylic acids is 2. The van der Waals surface area contributed by atoms with Crippen LogP contribution in [0, 0.1) is 0 Å². The first-order valence-electron chi connectivity index (χ1n) is 10.1. The summed E-state index contributed by atoms with van der Waals surface area (Å²) in [6.07, 6.45) is 0. The fourth-order valence-corrected chi connectivity index (χ4v) is 3.73.